The summed E-state index contributed by atoms with van der Waals surface area (Å²) in [5.74, 6) is 1.08. The molecular weight excluding hydrogens is 214 g/mol. The van der Waals surface area contributed by atoms with Gasteiger partial charge in [0.25, 0.3) is 0 Å². The number of hydrogen-bond acceptors (Lipinski definition) is 4. The minimum absolute atomic E-state index is 0.374. The van der Waals surface area contributed by atoms with Crippen LogP contribution in [-0.2, 0) is 6.54 Å². The summed E-state index contributed by atoms with van der Waals surface area (Å²) in [7, 11) is 0. The Kier molecular flexibility index (Phi) is 2.44. The molecule has 5 nitrogen and oxygen atoms in total. The molecule has 3 N–H and O–H groups in total. The maximum absolute atomic E-state index is 5.57. The van der Waals surface area contributed by atoms with E-state index in [1.807, 2.05) is 18.2 Å². The standard InChI is InChI=1S/C12H15N5/c13-11-14-12(16-15-11)17(10-6-7-10)8-9-4-2-1-3-5-9/h1-5,10H,6-8H2,(H3,13,14,15,16). The lowest BCUT2D eigenvalue weighted by atomic mass is 10.2. The van der Waals surface area contributed by atoms with E-state index in [4.69, 9.17) is 5.73 Å². The van der Waals surface area contributed by atoms with Gasteiger partial charge in [0.15, 0.2) is 0 Å². The van der Waals surface area contributed by atoms with Gasteiger partial charge in [-0.05, 0) is 18.4 Å². The summed E-state index contributed by atoms with van der Waals surface area (Å²) in [5.41, 5.74) is 6.84. The second-order valence-electron chi connectivity index (χ2n) is 4.37. The first-order valence-electron chi connectivity index (χ1n) is 5.81. The Hall–Kier alpha value is -2.04. The third-order valence-corrected chi connectivity index (χ3v) is 2.93. The van der Waals surface area contributed by atoms with Crippen LogP contribution in [0.2, 0.25) is 0 Å². The Morgan fingerprint density at radius 3 is 2.65 bits per heavy atom. The summed E-state index contributed by atoms with van der Waals surface area (Å²) in [5, 5.41) is 6.83. The molecule has 5 heteroatoms. The third kappa shape index (κ3) is 2.22. The van der Waals surface area contributed by atoms with Crippen molar-refractivity contribution in [1.82, 2.24) is 15.2 Å². The molecule has 0 amide bonds. The minimum Gasteiger partial charge on any atom is -0.368 e. The number of benzene rings is 1. The molecule has 17 heavy (non-hydrogen) atoms. The largest absolute Gasteiger partial charge is 0.368 e. The molecule has 0 spiro atoms. The number of H-pyrrole nitrogens is 1. The number of aromatic nitrogens is 3. The molecule has 1 fully saturated rings. The van der Waals surface area contributed by atoms with E-state index in [0.717, 1.165) is 6.54 Å². The van der Waals surface area contributed by atoms with Crippen LogP contribution in [0, 0.1) is 0 Å². The minimum atomic E-state index is 0.374. The Morgan fingerprint density at radius 1 is 1.29 bits per heavy atom. The third-order valence-electron chi connectivity index (χ3n) is 2.93. The first-order chi connectivity index (χ1) is 8.33. The van der Waals surface area contributed by atoms with Crippen molar-refractivity contribution >= 4 is 11.9 Å². The number of nitrogens with two attached hydrogens (primary N) is 1. The lowest BCUT2D eigenvalue weighted by molar-refractivity contribution is 0.761. The highest BCUT2D eigenvalue weighted by molar-refractivity contribution is 5.38. The normalized spacial score (nSPS) is 14.8. The fourth-order valence-corrected chi connectivity index (χ4v) is 1.92. The molecule has 1 aliphatic rings. The lowest BCUT2D eigenvalue weighted by Gasteiger charge is -2.20. The number of anilines is 2. The lowest BCUT2D eigenvalue weighted by Crippen LogP contribution is -2.26. The molecule has 1 saturated carbocycles. The van der Waals surface area contributed by atoms with Crippen molar-refractivity contribution in [2.24, 2.45) is 0 Å². The summed E-state index contributed by atoms with van der Waals surface area (Å²) in [4.78, 5) is 6.42. The van der Waals surface area contributed by atoms with Gasteiger partial charge < -0.3 is 10.6 Å². The van der Waals surface area contributed by atoms with Crippen molar-refractivity contribution < 1.29 is 0 Å². The van der Waals surface area contributed by atoms with Gasteiger partial charge in [0, 0.05) is 12.6 Å². The van der Waals surface area contributed by atoms with E-state index >= 15 is 0 Å². The topological polar surface area (TPSA) is 70.8 Å². The van der Waals surface area contributed by atoms with E-state index in [0.29, 0.717) is 17.9 Å². The van der Waals surface area contributed by atoms with Crippen LogP contribution in [0.15, 0.2) is 30.3 Å². The first kappa shape index (κ1) is 10.1. The summed E-state index contributed by atoms with van der Waals surface area (Å²) in [6.07, 6.45) is 2.42. The van der Waals surface area contributed by atoms with Gasteiger partial charge in [-0.2, -0.15) is 4.98 Å². The fraction of sp³-hybridized carbons (Fsp3) is 0.333. The van der Waals surface area contributed by atoms with Crippen LogP contribution in [0.3, 0.4) is 0 Å². The van der Waals surface area contributed by atoms with Crippen molar-refractivity contribution in [1.29, 1.82) is 0 Å². The van der Waals surface area contributed by atoms with Gasteiger partial charge >= 0.3 is 0 Å². The Labute approximate surface area is 99.7 Å². The average molecular weight is 229 g/mol. The maximum atomic E-state index is 5.57. The molecule has 88 valence electrons. The second kappa shape index (κ2) is 4.08. The van der Waals surface area contributed by atoms with Crippen LogP contribution in [0.5, 0.6) is 0 Å². The Balaban J connectivity index is 1.81. The summed E-state index contributed by atoms with van der Waals surface area (Å²) in [6, 6.07) is 10.9. The molecular formula is C12H15N5. The quantitative estimate of drug-likeness (QED) is 0.834. The second-order valence-corrected chi connectivity index (χ2v) is 4.37. The maximum Gasteiger partial charge on any atom is 0.246 e. The molecule has 0 saturated heterocycles. The van der Waals surface area contributed by atoms with Crippen LogP contribution in [0.25, 0.3) is 0 Å². The van der Waals surface area contributed by atoms with Gasteiger partial charge in [0.05, 0.1) is 0 Å². The molecule has 2 aromatic rings. The van der Waals surface area contributed by atoms with Crippen molar-refractivity contribution in [2.45, 2.75) is 25.4 Å². The number of nitrogen functional groups attached to an aromatic ring is 1. The highest BCUT2D eigenvalue weighted by Crippen LogP contribution is 2.31. The molecule has 1 aromatic carbocycles. The van der Waals surface area contributed by atoms with Crippen LogP contribution >= 0.6 is 0 Å². The van der Waals surface area contributed by atoms with Crippen molar-refractivity contribution in [2.75, 3.05) is 10.6 Å². The highest BCUT2D eigenvalue weighted by atomic mass is 15.4. The number of rotatable bonds is 4. The number of nitrogens with zero attached hydrogens (tertiary/aromatic N) is 3. The van der Waals surface area contributed by atoms with E-state index in [9.17, 15) is 0 Å². The van der Waals surface area contributed by atoms with Crippen molar-refractivity contribution in [3.63, 3.8) is 0 Å². The van der Waals surface area contributed by atoms with Crippen molar-refractivity contribution in [3.05, 3.63) is 35.9 Å². The molecule has 1 heterocycles. The van der Waals surface area contributed by atoms with Crippen LogP contribution in [0.4, 0.5) is 11.9 Å². The van der Waals surface area contributed by atoms with E-state index < -0.39 is 0 Å². The summed E-state index contributed by atoms with van der Waals surface area (Å²) < 4.78 is 0. The van der Waals surface area contributed by atoms with E-state index in [1.54, 1.807) is 0 Å². The van der Waals surface area contributed by atoms with Gasteiger partial charge in [-0.3, -0.25) is 0 Å². The number of nitrogens with one attached hydrogen (secondary N) is 1. The highest BCUT2D eigenvalue weighted by Gasteiger charge is 2.31. The molecule has 0 unspecified atom stereocenters. The van der Waals surface area contributed by atoms with E-state index in [1.165, 1.54) is 18.4 Å². The van der Waals surface area contributed by atoms with Crippen LogP contribution in [0.1, 0.15) is 18.4 Å². The van der Waals surface area contributed by atoms with Crippen LogP contribution in [-0.4, -0.2) is 21.2 Å². The zero-order chi connectivity index (χ0) is 11.7. The monoisotopic (exact) mass is 229 g/mol. The Bertz CT molecular complexity index is 489. The first-order valence-corrected chi connectivity index (χ1v) is 5.81. The summed E-state index contributed by atoms with van der Waals surface area (Å²) in [6.45, 7) is 0.836. The summed E-state index contributed by atoms with van der Waals surface area (Å²) >= 11 is 0. The molecule has 3 rings (SSSR count). The predicted octanol–water partition coefficient (Wildman–Crippen LogP) is 1.56. The molecule has 0 atom stereocenters. The molecule has 0 radical (unpaired) electrons. The van der Waals surface area contributed by atoms with E-state index in [-0.39, 0.29) is 0 Å². The molecule has 1 aliphatic carbocycles. The van der Waals surface area contributed by atoms with Gasteiger partial charge in [-0.25, -0.2) is 5.10 Å². The average Bonchev–Trinajstić information content (AvgIpc) is 3.10. The fourth-order valence-electron chi connectivity index (χ4n) is 1.92. The zero-order valence-electron chi connectivity index (χ0n) is 9.50. The predicted molar refractivity (Wildman–Crippen MR) is 66.4 cm³/mol. The van der Waals surface area contributed by atoms with Gasteiger partial charge in [0.2, 0.25) is 11.9 Å². The SMILES string of the molecule is Nc1nc(N(Cc2ccccc2)C2CC2)n[nH]1. The molecule has 1 aromatic heterocycles. The molecule has 0 bridgehead atoms. The number of aromatic amines is 1. The van der Waals surface area contributed by atoms with Crippen molar-refractivity contribution in [3.8, 4) is 0 Å². The van der Waals surface area contributed by atoms with Gasteiger partial charge in [-0.1, -0.05) is 30.3 Å². The van der Waals surface area contributed by atoms with Gasteiger partial charge in [0.1, 0.15) is 0 Å². The molecule has 0 aliphatic heterocycles. The van der Waals surface area contributed by atoms with Gasteiger partial charge in [-0.15, -0.1) is 5.10 Å². The van der Waals surface area contributed by atoms with E-state index in [2.05, 4.69) is 32.2 Å². The smallest absolute Gasteiger partial charge is 0.246 e. The number of hydrogen-bond donors (Lipinski definition) is 2. The zero-order valence-corrected chi connectivity index (χ0v) is 9.50. The van der Waals surface area contributed by atoms with Crippen LogP contribution < -0.4 is 10.6 Å². The Morgan fingerprint density at radius 2 is 2.06 bits per heavy atom.